The zero-order chi connectivity index (χ0) is 45.0. The Morgan fingerprint density at radius 1 is 1.39 bits per heavy atom. The summed E-state index contributed by atoms with van der Waals surface area (Å²) in [7, 11) is 0.542. The van der Waals surface area contributed by atoms with Crippen LogP contribution in [-0.4, -0.2) is 68.4 Å². The Morgan fingerprint density at radius 2 is 2.11 bits per heavy atom. The Hall–Kier alpha value is -1.46. The first-order valence-electron chi connectivity index (χ1n) is 21.6. The van der Waals surface area contributed by atoms with E-state index in [0.717, 1.165) is 6.92 Å². The molecule has 1 aromatic carbocycles. The highest BCUT2D eigenvalue weighted by atomic mass is 35.5. The van der Waals surface area contributed by atoms with Crippen molar-refractivity contribution < 1.29 is 43.2 Å². The van der Waals surface area contributed by atoms with E-state index in [4.69, 9.17) is 50.0 Å². The number of carbonyl (C=O) groups excluding carboxylic acids is 1. The number of carbonyl (C=O) groups is 1. The van der Waals surface area contributed by atoms with Crippen molar-refractivity contribution in [3.05, 3.63) is 28.7 Å². The Bertz CT molecular complexity index is 1710. The molecule has 0 unspecified atom stereocenters. The number of nitrogens with zero attached hydrogens (tertiary/aromatic N) is 3. The van der Waals surface area contributed by atoms with Crippen molar-refractivity contribution in [1.29, 1.82) is 0 Å². The van der Waals surface area contributed by atoms with E-state index in [2.05, 4.69) is 0 Å². The zero-order valence-corrected chi connectivity index (χ0v) is 15.4. The third kappa shape index (κ3) is 5.54. The van der Waals surface area contributed by atoms with Crippen LogP contribution in [0.1, 0.15) is 75.8 Å². The molecule has 1 aliphatic carbocycles. The quantitative estimate of drug-likeness (QED) is 0.761. The number of piperazine rings is 1. The molecule has 6 heteroatoms. The molecule has 0 bridgehead atoms. The first kappa shape index (κ1) is 5.42. The first-order chi connectivity index (χ1) is 24.2. The van der Waals surface area contributed by atoms with Crippen LogP contribution in [-0.2, 0) is 0 Å². The summed E-state index contributed by atoms with van der Waals surface area (Å²) in [5.74, 6) is -5.03. The van der Waals surface area contributed by atoms with Gasteiger partial charge in [0.05, 0.1) is 21.7 Å². The minimum atomic E-state index is -5.10. The number of anilines is 1. The summed E-state index contributed by atoms with van der Waals surface area (Å²) in [5.41, 5.74) is -1.63. The molecule has 0 aromatic heterocycles. The van der Waals surface area contributed by atoms with Gasteiger partial charge in [0, 0.05) is 73.4 Å². The van der Waals surface area contributed by atoms with E-state index in [1.807, 2.05) is 0 Å². The number of hydrogen-bond acceptors (Lipinski definition) is 3. The summed E-state index contributed by atoms with van der Waals surface area (Å²) in [6.45, 7) is -24.9. The molecular formula is C22H35ClN4O. The van der Waals surface area contributed by atoms with Gasteiger partial charge in [0.1, 0.15) is 0 Å². The fourth-order valence-electron chi connectivity index (χ4n) is 1.79. The second kappa shape index (κ2) is 9.84. The van der Waals surface area contributed by atoms with Gasteiger partial charge in [0.15, 0.2) is 0 Å². The fraction of sp³-hybridized carbons (Fsp3) is 0.682. The lowest BCUT2D eigenvalue weighted by Crippen LogP contribution is -2.47. The van der Waals surface area contributed by atoms with Gasteiger partial charge in [-0.05, 0) is 62.8 Å². The molecular weight excluding hydrogens is 372 g/mol. The smallest absolute Gasteiger partial charge is 0.317 e. The van der Waals surface area contributed by atoms with Crippen LogP contribution >= 0.6 is 11.6 Å². The van der Waals surface area contributed by atoms with E-state index in [1.54, 1.807) is 0 Å². The molecule has 3 rings (SSSR count). The summed E-state index contributed by atoms with van der Waals surface area (Å²) < 4.78 is 238. The Labute approximate surface area is 214 Å². The fourth-order valence-corrected chi connectivity index (χ4v) is 1.97. The summed E-state index contributed by atoms with van der Waals surface area (Å²) >= 11 is 6.24. The van der Waals surface area contributed by atoms with Gasteiger partial charge < -0.3 is 15.1 Å². The molecule has 1 saturated heterocycles. The van der Waals surface area contributed by atoms with Crippen molar-refractivity contribution in [3.63, 3.8) is 0 Å². The van der Waals surface area contributed by atoms with Crippen LogP contribution in [0.2, 0.25) is 5.02 Å². The van der Waals surface area contributed by atoms with Crippen LogP contribution in [0.4, 0.5) is 10.5 Å². The molecule has 1 aliphatic heterocycles. The topological polar surface area (TPSA) is 38.8 Å². The predicted octanol–water partition coefficient (Wildman–Crippen LogP) is 3.99. The van der Waals surface area contributed by atoms with Gasteiger partial charge >= 0.3 is 6.03 Å². The number of amides is 2. The third-order valence-electron chi connectivity index (χ3n) is 3.19. The van der Waals surface area contributed by atoms with Crippen LogP contribution in [0.3, 0.4) is 0 Å². The SMILES string of the molecule is [2H]c1c([2H])c(C)c(Cl)c(N2C([2H])([2H])C([2H])([2H])N(C([2H])([2H])C([2H])([2H])C3([2H])C([2H])([2H])C([2H])([2H])C([2H])(NC(=O)N(C)C([2H])([2H])[2H])C([2H])([2H])C3([2H])[2H])C([2H])([2H])C2([2H])[2H])c1[2H]. The minimum absolute atomic E-state index is 0.197. The Balaban J connectivity index is 2.44. The first-order valence-corrected chi connectivity index (χ1v) is 8.01. The Kier molecular flexibility index (Phi) is 1.90. The molecule has 0 spiro atoms. The highest BCUT2D eigenvalue weighted by Crippen LogP contribution is 2.30. The maximum absolute atomic E-state index is 12.8. The van der Waals surface area contributed by atoms with Gasteiger partial charge in [0.2, 0.25) is 0 Å². The standard InChI is InChI=1S/C22H35ClN4O/c1-17-5-4-6-20(21(17)23)27-15-13-26(14-16-27)12-11-18-7-9-19(10-8-18)24-22(28)25(2)3/h4-6,18-19H,7-16H2,1-3H3,(H,24,28)/i2D3,4D,5D,6D,7D2,8D2,9D2,10D2,11D2,12D2,13D2,14D2,15D2,16D2,18D,19D. The Morgan fingerprint density at radius 3 is 2.79 bits per heavy atom. The van der Waals surface area contributed by atoms with Gasteiger partial charge in [-0.3, -0.25) is 4.90 Å². The van der Waals surface area contributed by atoms with E-state index < -0.39 is 133 Å². The van der Waals surface area contributed by atoms with Gasteiger partial charge in [-0.1, -0.05) is 23.7 Å². The summed E-state index contributed by atoms with van der Waals surface area (Å²) in [6, 6.07) is -9.39. The van der Waals surface area contributed by atoms with E-state index in [-0.39, 0.29) is 4.90 Å². The van der Waals surface area contributed by atoms with Crippen molar-refractivity contribution in [2.45, 2.75) is 44.8 Å². The number of benzene rings is 1. The van der Waals surface area contributed by atoms with Crippen LogP contribution < -0.4 is 10.2 Å². The predicted molar refractivity (Wildman–Crippen MR) is 117 cm³/mol. The van der Waals surface area contributed by atoms with Crippen LogP contribution in [0.5, 0.6) is 0 Å². The molecule has 5 nitrogen and oxygen atoms in total. The highest BCUT2D eigenvalue weighted by molar-refractivity contribution is 6.34. The minimum Gasteiger partial charge on any atom is -0.368 e. The van der Waals surface area contributed by atoms with Gasteiger partial charge in [-0.2, -0.15) is 0 Å². The van der Waals surface area contributed by atoms with Crippen LogP contribution in [0.25, 0.3) is 0 Å². The molecule has 1 saturated carbocycles. The monoisotopic (exact) mass is 434 g/mol. The highest BCUT2D eigenvalue weighted by Gasteiger charge is 2.24. The molecule has 1 heterocycles. The number of hydrogen-bond donors (Lipinski definition) is 1. The molecule has 2 aliphatic rings. The second-order valence-corrected chi connectivity index (χ2v) is 5.63. The van der Waals surface area contributed by atoms with E-state index in [9.17, 15) is 4.79 Å². The van der Waals surface area contributed by atoms with Gasteiger partial charge in [-0.15, -0.1) is 0 Å². The molecule has 28 heavy (non-hydrogen) atoms. The third-order valence-corrected chi connectivity index (χ3v) is 3.66. The number of urea groups is 1. The van der Waals surface area contributed by atoms with E-state index in [0.29, 0.717) is 7.05 Å². The van der Waals surface area contributed by atoms with Crippen molar-refractivity contribution in [3.8, 4) is 0 Å². The second-order valence-electron chi connectivity index (χ2n) is 5.26. The van der Waals surface area contributed by atoms with Crippen LogP contribution in [0.15, 0.2) is 18.1 Å². The average molecular weight is 435 g/mol. The summed E-state index contributed by atoms with van der Waals surface area (Å²) in [5, 5.41) is 0.387. The summed E-state index contributed by atoms with van der Waals surface area (Å²) in [6.07, 6.45) is -24.0. The van der Waals surface area contributed by atoms with Crippen molar-refractivity contribution in [2.75, 3.05) is 51.4 Å². The molecule has 0 atom stereocenters. The molecule has 2 fully saturated rings. The van der Waals surface area contributed by atoms with E-state index >= 15 is 0 Å². The number of rotatable bonds is 5. The zero-order valence-electron chi connectivity index (χ0n) is 42.6. The lowest BCUT2D eigenvalue weighted by molar-refractivity contribution is 0.194. The van der Waals surface area contributed by atoms with Gasteiger partial charge in [-0.25, -0.2) is 4.79 Å². The molecule has 2 amide bonds. The maximum Gasteiger partial charge on any atom is 0.317 e. The molecule has 156 valence electrons. The molecule has 0 radical (unpaired) electrons. The maximum atomic E-state index is 12.8. The van der Waals surface area contributed by atoms with Crippen molar-refractivity contribution in [1.82, 2.24) is 15.1 Å². The summed E-state index contributed by atoms with van der Waals surface area (Å²) in [4.78, 5) is 11.1. The number of halogens is 1. The molecule has 1 aromatic rings. The lowest BCUT2D eigenvalue weighted by Gasteiger charge is -2.37. The van der Waals surface area contributed by atoms with E-state index in [1.165, 1.54) is 5.32 Å². The van der Waals surface area contributed by atoms with Crippen molar-refractivity contribution in [2.24, 2.45) is 5.89 Å². The average Bonchev–Trinajstić information content (AvgIpc) is 3.00. The van der Waals surface area contributed by atoms with Gasteiger partial charge in [0.25, 0.3) is 0 Å². The van der Waals surface area contributed by atoms with Crippen molar-refractivity contribution >= 4 is 23.3 Å². The number of nitrogens with one attached hydrogen (secondary N) is 1. The normalized spacial score (nSPS) is 59.3. The lowest BCUT2D eigenvalue weighted by atomic mass is 9.84. The van der Waals surface area contributed by atoms with Crippen LogP contribution in [0, 0.1) is 12.8 Å². The molecule has 1 N–H and O–H groups in total. The largest absolute Gasteiger partial charge is 0.368 e.